The lowest BCUT2D eigenvalue weighted by atomic mass is 10.1. The number of rotatable bonds is 11. The number of pyridine rings is 1. The van der Waals surface area contributed by atoms with Gasteiger partial charge in [0.15, 0.2) is 5.13 Å². The molecule has 0 saturated heterocycles. The van der Waals surface area contributed by atoms with Gasteiger partial charge in [0.1, 0.15) is 5.75 Å². The predicted molar refractivity (Wildman–Crippen MR) is 119 cm³/mol. The van der Waals surface area contributed by atoms with Gasteiger partial charge in [0.2, 0.25) is 5.91 Å². The number of aliphatic hydroxyl groups excluding tert-OH is 1. The topological polar surface area (TPSA) is 87.6 Å². The van der Waals surface area contributed by atoms with E-state index >= 15 is 0 Å². The Kier molecular flexibility index (Phi) is 8.31. The lowest BCUT2D eigenvalue weighted by Gasteiger charge is -2.15. The van der Waals surface area contributed by atoms with Crippen LogP contribution in [0, 0.1) is 0 Å². The largest absolute Gasteiger partial charge is 0.494 e. The zero-order valence-corrected chi connectivity index (χ0v) is 17.8. The SMILES string of the molecule is CN(CCO)CCCOc1cccc(CC(=O)Nc2nc(-c3ccncc3)cs2)c1. The summed E-state index contributed by atoms with van der Waals surface area (Å²) in [6.07, 6.45) is 4.55. The van der Waals surface area contributed by atoms with E-state index in [0.717, 1.165) is 35.5 Å². The van der Waals surface area contributed by atoms with Gasteiger partial charge in [0.05, 0.1) is 25.3 Å². The van der Waals surface area contributed by atoms with Crippen molar-refractivity contribution in [3.8, 4) is 17.0 Å². The molecule has 0 atom stereocenters. The second-order valence-corrected chi connectivity index (χ2v) is 7.73. The second kappa shape index (κ2) is 11.4. The Labute approximate surface area is 180 Å². The van der Waals surface area contributed by atoms with Crippen LogP contribution >= 0.6 is 11.3 Å². The third-order valence-corrected chi connectivity index (χ3v) is 5.18. The van der Waals surface area contributed by atoms with E-state index < -0.39 is 0 Å². The Bertz CT molecular complexity index is 933. The number of carbonyl (C=O) groups excluding carboxylic acids is 1. The van der Waals surface area contributed by atoms with Crippen molar-refractivity contribution in [2.24, 2.45) is 0 Å². The van der Waals surface area contributed by atoms with Crippen molar-refractivity contribution in [3.05, 3.63) is 59.7 Å². The summed E-state index contributed by atoms with van der Waals surface area (Å²) >= 11 is 1.40. The van der Waals surface area contributed by atoms with Crippen molar-refractivity contribution in [1.29, 1.82) is 0 Å². The number of thiazole rings is 1. The lowest BCUT2D eigenvalue weighted by Crippen LogP contribution is -2.24. The van der Waals surface area contributed by atoms with E-state index in [2.05, 4.69) is 20.2 Å². The van der Waals surface area contributed by atoms with Gasteiger partial charge >= 0.3 is 0 Å². The summed E-state index contributed by atoms with van der Waals surface area (Å²) in [5.74, 6) is 0.632. The smallest absolute Gasteiger partial charge is 0.230 e. The molecular formula is C22H26N4O3S. The Morgan fingerprint density at radius 2 is 2.07 bits per heavy atom. The number of benzene rings is 1. The molecule has 0 spiro atoms. The number of carbonyl (C=O) groups is 1. The molecular weight excluding hydrogens is 400 g/mol. The Hall–Kier alpha value is -2.81. The van der Waals surface area contributed by atoms with Crippen molar-refractivity contribution in [3.63, 3.8) is 0 Å². The fourth-order valence-electron chi connectivity index (χ4n) is 2.89. The summed E-state index contributed by atoms with van der Waals surface area (Å²) in [6, 6.07) is 11.3. The van der Waals surface area contributed by atoms with E-state index in [0.29, 0.717) is 18.3 Å². The van der Waals surface area contributed by atoms with Crippen molar-refractivity contribution in [2.45, 2.75) is 12.8 Å². The van der Waals surface area contributed by atoms with Crippen LogP contribution in [0.4, 0.5) is 5.13 Å². The number of ether oxygens (including phenoxy) is 1. The summed E-state index contributed by atoms with van der Waals surface area (Å²) in [7, 11) is 1.97. The number of nitrogens with one attached hydrogen (secondary N) is 1. The van der Waals surface area contributed by atoms with Crippen LogP contribution in [-0.2, 0) is 11.2 Å². The fourth-order valence-corrected chi connectivity index (χ4v) is 3.62. The number of aromatic nitrogens is 2. The van der Waals surface area contributed by atoms with Crippen molar-refractivity contribution >= 4 is 22.4 Å². The molecule has 158 valence electrons. The second-order valence-electron chi connectivity index (χ2n) is 6.88. The first-order valence-electron chi connectivity index (χ1n) is 9.81. The molecule has 0 aliphatic heterocycles. The maximum absolute atomic E-state index is 12.4. The number of aliphatic hydroxyl groups is 1. The third kappa shape index (κ3) is 6.91. The van der Waals surface area contributed by atoms with E-state index in [1.54, 1.807) is 12.4 Å². The van der Waals surface area contributed by atoms with Crippen LogP contribution in [-0.4, -0.2) is 59.2 Å². The first-order valence-corrected chi connectivity index (χ1v) is 10.7. The van der Waals surface area contributed by atoms with E-state index in [1.807, 2.05) is 48.8 Å². The Balaban J connectivity index is 1.47. The molecule has 0 aliphatic rings. The highest BCUT2D eigenvalue weighted by Crippen LogP contribution is 2.24. The van der Waals surface area contributed by atoms with Crippen molar-refractivity contribution in [1.82, 2.24) is 14.9 Å². The first kappa shape index (κ1) is 21.9. The van der Waals surface area contributed by atoms with Crippen LogP contribution < -0.4 is 10.1 Å². The van der Waals surface area contributed by atoms with Gasteiger partial charge in [-0.2, -0.15) is 0 Å². The van der Waals surface area contributed by atoms with E-state index in [-0.39, 0.29) is 18.9 Å². The number of anilines is 1. The summed E-state index contributed by atoms with van der Waals surface area (Å²) in [4.78, 5) is 22.9. The molecule has 1 amide bonds. The van der Waals surface area contributed by atoms with Crippen LogP contribution in [0.15, 0.2) is 54.2 Å². The standard InChI is InChI=1S/C22H26N4O3S/c1-26(11-12-27)10-3-13-29-19-5-2-4-17(14-19)15-21(28)25-22-24-20(16-30-22)18-6-8-23-9-7-18/h2,4-9,14,16,27H,3,10-13,15H2,1H3,(H,24,25,28). The summed E-state index contributed by atoms with van der Waals surface area (Å²) in [5.41, 5.74) is 2.67. The minimum absolute atomic E-state index is 0.117. The van der Waals surface area contributed by atoms with Crippen molar-refractivity contribution in [2.75, 3.05) is 38.7 Å². The predicted octanol–water partition coefficient (Wildman–Crippen LogP) is 3.08. The van der Waals surface area contributed by atoms with Gasteiger partial charge in [0, 0.05) is 36.4 Å². The molecule has 0 unspecified atom stereocenters. The highest BCUT2D eigenvalue weighted by atomic mass is 32.1. The summed E-state index contributed by atoms with van der Waals surface area (Å²) in [5, 5.41) is 14.3. The van der Waals surface area contributed by atoms with Crippen LogP contribution in [0.5, 0.6) is 5.75 Å². The monoisotopic (exact) mass is 426 g/mol. The average Bonchev–Trinajstić information content (AvgIpc) is 3.21. The quantitative estimate of drug-likeness (QED) is 0.458. The first-order chi connectivity index (χ1) is 14.6. The number of hydrogen-bond acceptors (Lipinski definition) is 7. The van der Waals surface area contributed by atoms with Gasteiger partial charge in [-0.3, -0.25) is 9.78 Å². The molecule has 3 aromatic rings. The van der Waals surface area contributed by atoms with Crippen LogP contribution in [0.25, 0.3) is 11.3 Å². The fraction of sp³-hybridized carbons (Fsp3) is 0.318. The maximum atomic E-state index is 12.4. The molecule has 0 radical (unpaired) electrons. The van der Waals surface area contributed by atoms with Gasteiger partial charge < -0.3 is 20.1 Å². The van der Waals surface area contributed by atoms with Gasteiger partial charge in [-0.25, -0.2) is 4.98 Å². The van der Waals surface area contributed by atoms with Gasteiger partial charge in [0.25, 0.3) is 0 Å². The molecule has 0 fully saturated rings. The molecule has 0 aliphatic carbocycles. The maximum Gasteiger partial charge on any atom is 0.230 e. The van der Waals surface area contributed by atoms with Crippen molar-refractivity contribution < 1.29 is 14.6 Å². The van der Waals surface area contributed by atoms with E-state index in [1.165, 1.54) is 11.3 Å². The Morgan fingerprint density at radius 1 is 1.23 bits per heavy atom. The van der Waals surface area contributed by atoms with Crippen LogP contribution in [0.1, 0.15) is 12.0 Å². The zero-order valence-electron chi connectivity index (χ0n) is 17.0. The van der Waals surface area contributed by atoms with Gasteiger partial charge in [-0.15, -0.1) is 11.3 Å². The Morgan fingerprint density at radius 3 is 2.87 bits per heavy atom. The molecule has 2 aromatic heterocycles. The van der Waals surface area contributed by atoms with E-state index in [9.17, 15) is 4.79 Å². The summed E-state index contributed by atoms with van der Waals surface area (Å²) < 4.78 is 5.79. The highest BCUT2D eigenvalue weighted by Gasteiger charge is 2.09. The third-order valence-electron chi connectivity index (χ3n) is 4.42. The molecule has 2 N–H and O–H groups in total. The molecule has 0 saturated carbocycles. The van der Waals surface area contributed by atoms with Crippen LogP contribution in [0.3, 0.4) is 0 Å². The van der Waals surface area contributed by atoms with Crippen LogP contribution in [0.2, 0.25) is 0 Å². The number of hydrogen-bond donors (Lipinski definition) is 2. The minimum Gasteiger partial charge on any atom is -0.494 e. The normalized spacial score (nSPS) is 10.9. The molecule has 8 heteroatoms. The molecule has 3 rings (SSSR count). The minimum atomic E-state index is -0.117. The van der Waals surface area contributed by atoms with Gasteiger partial charge in [-0.05, 0) is 43.3 Å². The van der Waals surface area contributed by atoms with E-state index in [4.69, 9.17) is 9.84 Å². The highest BCUT2D eigenvalue weighted by molar-refractivity contribution is 7.14. The zero-order chi connectivity index (χ0) is 21.2. The molecule has 30 heavy (non-hydrogen) atoms. The average molecular weight is 427 g/mol. The number of nitrogens with zero attached hydrogens (tertiary/aromatic N) is 3. The number of likely N-dealkylation sites (N-methyl/N-ethyl adjacent to an activating group) is 1. The summed E-state index contributed by atoms with van der Waals surface area (Å²) in [6.45, 7) is 2.27. The van der Waals surface area contributed by atoms with Gasteiger partial charge in [-0.1, -0.05) is 12.1 Å². The molecule has 7 nitrogen and oxygen atoms in total. The molecule has 1 aromatic carbocycles. The number of amides is 1. The molecule has 0 bridgehead atoms. The lowest BCUT2D eigenvalue weighted by molar-refractivity contribution is -0.115. The molecule has 2 heterocycles.